The average molecular weight is 325 g/mol. The number of nitrogens with zero attached hydrogens (tertiary/aromatic N) is 1. The molecule has 2 atom stereocenters. The Bertz CT molecular complexity index is 564. The molecule has 2 heterocycles. The van der Waals surface area contributed by atoms with Crippen LogP contribution in [0.4, 0.5) is 14.5 Å². The van der Waals surface area contributed by atoms with E-state index in [-0.39, 0.29) is 31.2 Å². The molecule has 0 aliphatic carbocycles. The van der Waals surface area contributed by atoms with Crippen LogP contribution in [-0.4, -0.2) is 51.0 Å². The van der Waals surface area contributed by atoms with Crippen molar-refractivity contribution < 1.29 is 18.3 Å². The van der Waals surface area contributed by atoms with Gasteiger partial charge in [0.2, 0.25) is 5.91 Å². The molecule has 2 saturated heterocycles. The van der Waals surface area contributed by atoms with Gasteiger partial charge in [0.1, 0.15) is 12.0 Å². The van der Waals surface area contributed by atoms with E-state index in [9.17, 15) is 13.6 Å². The minimum absolute atomic E-state index is 0.186. The van der Waals surface area contributed by atoms with Crippen molar-refractivity contribution in [2.45, 2.75) is 25.2 Å². The molecule has 1 aromatic rings. The van der Waals surface area contributed by atoms with Gasteiger partial charge in [-0.25, -0.2) is 8.78 Å². The van der Waals surface area contributed by atoms with Crippen molar-refractivity contribution in [2.75, 3.05) is 37.7 Å². The van der Waals surface area contributed by atoms with Gasteiger partial charge >= 0.3 is 0 Å². The molecule has 5 nitrogen and oxygen atoms in total. The first-order valence-corrected chi connectivity index (χ1v) is 7.90. The lowest BCUT2D eigenvalue weighted by Gasteiger charge is -2.30. The standard InChI is InChI=1S/C16H21F2N3O2/c17-12-1-2-15(21-3-5-23-6-4-21)11(7-12)9-20-16(22)14-8-13(18)10-19-14/h1-2,7,13-14,19H,3-6,8-10H2,(H,20,22)/t13-,14+/m0/s1. The first-order chi connectivity index (χ1) is 11.1. The Labute approximate surface area is 134 Å². The topological polar surface area (TPSA) is 53.6 Å². The summed E-state index contributed by atoms with van der Waals surface area (Å²) < 4.78 is 32.1. The van der Waals surface area contributed by atoms with Crippen molar-refractivity contribution in [3.05, 3.63) is 29.6 Å². The van der Waals surface area contributed by atoms with Crippen LogP contribution in [0, 0.1) is 5.82 Å². The van der Waals surface area contributed by atoms with Crippen LogP contribution in [0.5, 0.6) is 0 Å². The van der Waals surface area contributed by atoms with E-state index in [0.29, 0.717) is 13.2 Å². The Balaban J connectivity index is 1.66. The number of anilines is 1. The number of nitrogens with one attached hydrogen (secondary N) is 2. The number of hydrogen-bond donors (Lipinski definition) is 2. The monoisotopic (exact) mass is 325 g/mol. The summed E-state index contributed by atoms with van der Waals surface area (Å²) in [5, 5.41) is 5.62. The Morgan fingerprint density at radius 1 is 1.39 bits per heavy atom. The predicted octanol–water partition coefficient (Wildman–Crippen LogP) is 0.978. The fourth-order valence-electron chi connectivity index (χ4n) is 3.01. The fraction of sp³-hybridized carbons (Fsp3) is 0.562. The van der Waals surface area contributed by atoms with Crippen molar-refractivity contribution >= 4 is 11.6 Å². The second kappa shape index (κ2) is 7.23. The zero-order valence-corrected chi connectivity index (χ0v) is 12.9. The van der Waals surface area contributed by atoms with E-state index >= 15 is 0 Å². The Morgan fingerprint density at radius 2 is 2.17 bits per heavy atom. The normalized spacial score (nSPS) is 24.7. The lowest BCUT2D eigenvalue weighted by atomic mass is 10.1. The number of ether oxygens (including phenoxy) is 1. The van der Waals surface area contributed by atoms with E-state index in [1.807, 2.05) is 0 Å². The van der Waals surface area contributed by atoms with E-state index < -0.39 is 12.2 Å². The van der Waals surface area contributed by atoms with E-state index in [1.54, 1.807) is 6.07 Å². The van der Waals surface area contributed by atoms with Crippen molar-refractivity contribution in [1.29, 1.82) is 0 Å². The van der Waals surface area contributed by atoms with Crippen molar-refractivity contribution in [3.8, 4) is 0 Å². The molecule has 0 unspecified atom stereocenters. The molecule has 7 heteroatoms. The molecule has 2 fully saturated rings. The van der Waals surface area contributed by atoms with Crippen LogP contribution in [0.3, 0.4) is 0 Å². The van der Waals surface area contributed by atoms with Crippen LogP contribution in [-0.2, 0) is 16.1 Å². The average Bonchev–Trinajstić information content (AvgIpc) is 3.00. The number of carbonyl (C=O) groups is 1. The van der Waals surface area contributed by atoms with Gasteiger partial charge in [-0.05, 0) is 23.8 Å². The molecular weight excluding hydrogens is 304 g/mol. The van der Waals surface area contributed by atoms with E-state index in [2.05, 4.69) is 15.5 Å². The van der Waals surface area contributed by atoms with Gasteiger partial charge in [-0.2, -0.15) is 0 Å². The van der Waals surface area contributed by atoms with Crippen LogP contribution >= 0.6 is 0 Å². The Morgan fingerprint density at radius 3 is 2.87 bits per heavy atom. The van der Waals surface area contributed by atoms with Crippen LogP contribution in [0.1, 0.15) is 12.0 Å². The van der Waals surface area contributed by atoms with E-state index in [0.717, 1.165) is 24.3 Å². The van der Waals surface area contributed by atoms with Gasteiger partial charge in [0.15, 0.2) is 0 Å². The maximum atomic E-state index is 13.6. The molecule has 23 heavy (non-hydrogen) atoms. The highest BCUT2D eigenvalue weighted by atomic mass is 19.1. The largest absolute Gasteiger partial charge is 0.378 e. The molecule has 0 saturated carbocycles. The first kappa shape index (κ1) is 16.1. The highest BCUT2D eigenvalue weighted by Crippen LogP contribution is 2.23. The molecule has 3 rings (SSSR count). The first-order valence-electron chi connectivity index (χ1n) is 7.90. The molecule has 1 aromatic carbocycles. The zero-order chi connectivity index (χ0) is 16.2. The van der Waals surface area contributed by atoms with Crippen molar-refractivity contribution in [1.82, 2.24) is 10.6 Å². The van der Waals surface area contributed by atoms with Gasteiger partial charge in [0, 0.05) is 38.3 Å². The molecule has 0 spiro atoms. The maximum Gasteiger partial charge on any atom is 0.237 e. The number of morpholine rings is 1. The highest BCUT2D eigenvalue weighted by molar-refractivity contribution is 5.82. The van der Waals surface area contributed by atoms with Gasteiger partial charge in [-0.3, -0.25) is 4.79 Å². The number of benzene rings is 1. The van der Waals surface area contributed by atoms with Gasteiger partial charge in [0.25, 0.3) is 0 Å². The molecule has 0 bridgehead atoms. The number of carbonyl (C=O) groups excluding carboxylic acids is 1. The molecule has 126 valence electrons. The van der Waals surface area contributed by atoms with E-state index in [1.165, 1.54) is 12.1 Å². The number of rotatable bonds is 4. The SMILES string of the molecule is O=C(NCc1cc(F)ccc1N1CCOCC1)[C@H]1C[C@H](F)CN1. The Kier molecular flexibility index (Phi) is 5.07. The minimum Gasteiger partial charge on any atom is -0.378 e. The molecule has 2 N–H and O–H groups in total. The molecule has 2 aliphatic heterocycles. The Hall–Kier alpha value is -1.73. The van der Waals surface area contributed by atoms with Crippen LogP contribution in [0.15, 0.2) is 18.2 Å². The number of alkyl halides is 1. The summed E-state index contributed by atoms with van der Waals surface area (Å²) in [5.41, 5.74) is 1.62. The van der Waals surface area contributed by atoms with Crippen LogP contribution < -0.4 is 15.5 Å². The second-order valence-corrected chi connectivity index (χ2v) is 5.88. The van der Waals surface area contributed by atoms with Crippen LogP contribution in [0.25, 0.3) is 0 Å². The third-order valence-corrected chi connectivity index (χ3v) is 4.24. The fourth-order valence-corrected chi connectivity index (χ4v) is 3.01. The smallest absolute Gasteiger partial charge is 0.237 e. The highest BCUT2D eigenvalue weighted by Gasteiger charge is 2.29. The third-order valence-electron chi connectivity index (χ3n) is 4.24. The molecule has 0 radical (unpaired) electrons. The van der Waals surface area contributed by atoms with Gasteiger partial charge in [0.05, 0.1) is 19.3 Å². The van der Waals surface area contributed by atoms with Gasteiger partial charge in [-0.1, -0.05) is 0 Å². The van der Waals surface area contributed by atoms with Gasteiger partial charge < -0.3 is 20.3 Å². The maximum absolute atomic E-state index is 13.6. The zero-order valence-electron chi connectivity index (χ0n) is 12.9. The molecular formula is C16H21F2N3O2. The summed E-state index contributed by atoms with van der Waals surface area (Å²) in [7, 11) is 0. The summed E-state index contributed by atoms with van der Waals surface area (Å²) in [6, 6.07) is 4.08. The summed E-state index contributed by atoms with van der Waals surface area (Å²) in [6.45, 7) is 3.16. The van der Waals surface area contributed by atoms with Gasteiger partial charge in [-0.15, -0.1) is 0 Å². The second-order valence-electron chi connectivity index (χ2n) is 5.88. The van der Waals surface area contributed by atoms with E-state index in [4.69, 9.17) is 4.74 Å². The molecule has 2 aliphatic rings. The number of amides is 1. The van der Waals surface area contributed by atoms with Crippen LogP contribution in [0.2, 0.25) is 0 Å². The number of halogens is 2. The van der Waals surface area contributed by atoms with Crippen molar-refractivity contribution in [3.63, 3.8) is 0 Å². The summed E-state index contributed by atoms with van der Waals surface area (Å²) in [5.74, 6) is -0.587. The minimum atomic E-state index is -0.983. The van der Waals surface area contributed by atoms with Crippen molar-refractivity contribution in [2.24, 2.45) is 0 Å². The lowest BCUT2D eigenvalue weighted by Crippen LogP contribution is -2.41. The third kappa shape index (κ3) is 3.97. The lowest BCUT2D eigenvalue weighted by molar-refractivity contribution is -0.123. The quantitative estimate of drug-likeness (QED) is 0.866. The summed E-state index contributed by atoms with van der Waals surface area (Å²) in [4.78, 5) is 14.2. The predicted molar refractivity (Wildman–Crippen MR) is 82.6 cm³/mol. The molecule has 1 amide bonds. The summed E-state index contributed by atoms with van der Waals surface area (Å²) >= 11 is 0. The number of hydrogen-bond acceptors (Lipinski definition) is 4. The summed E-state index contributed by atoms with van der Waals surface area (Å²) in [6.07, 6.45) is -0.797. The molecule has 0 aromatic heterocycles.